The second kappa shape index (κ2) is 5.17. The molecule has 0 radical (unpaired) electrons. The summed E-state index contributed by atoms with van der Waals surface area (Å²) in [5, 5.41) is 9.92. The zero-order valence-electron chi connectivity index (χ0n) is 10.7. The van der Waals surface area contributed by atoms with Gasteiger partial charge in [0.1, 0.15) is 17.1 Å². The number of fused-ring (bicyclic) bond motifs is 1. The van der Waals surface area contributed by atoms with Crippen molar-refractivity contribution < 1.29 is 28.9 Å². The molecule has 0 saturated heterocycles. The molecule has 1 aliphatic heterocycles. The number of hydrogen-bond acceptors (Lipinski definition) is 6. The average molecular weight is 266 g/mol. The van der Waals surface area contributed by atoms with Crippen molar-refractivity contribution in [2.24, 2.45) is 0 Å². The second-order valence-electron chi connectivity index (χ2n) is 4.06. The molecule has 0 bridgehead atoms. The van der Waals surface area contributed by atoms with Gasteiger partial charge in [0, 0.05) is 5.56 Å². The van der Waals surface area contributed by atoms with E-state index in [0.29, 0.717) is 18.6 Å². The first-order valence-electron chi connectivity index (χ1n) is 5.78. The van der Waals surface area contributed by atoms with Gasteiger partial charge >= 0.3 is 11.9 Å². The molecule has 2 rings (SSSR count). The highest BCUT2D eigenvalue weighted by atomic mass is 16.5. The molecule has 0 spiro atoms. The van der Waals surface area contributed by atoms with E-state index in [0.717, 1.165) is 6.42 Å². The molecule has 1 aliphatic rings. The lowest BCUT2D eigenvalue weighted by molar-refractivity contribution is 0.0549. The fourth-order valence-corrected chi connectivity index (χ4v) is 2.09. The molecule has 6 heteroatoms. The highest BCUT2D eigenvalue weighted by molar-refractivity contribution is 6.06. The van der Waals surface area contributed by atoms with Crippen molar-refractivity contribution >= 4 is 11.9 Å². The minimum absolute atomic E-state index is 0.00171. The Morgan fingerprint density at radius 2 is 1.95 bits per heavy atom. The fraction of sp³-hybridized carbons (Fsp3) is 0.385. The van der Waals surface area contributed by atoms with E-state index in [9.17, 15) is 14.7 Å². The van der Waals surface area contributed by atoms with Gasteiger partial charge in [0.25, 0.3) is 0 Å². The van der Waals surface area contributed by atoms with Crippen LogP contribution in [0.5, 0.6) is 11.5 Å². The Bertz CT molecular complexity index is 534. The van der Waals surface area contributed by atoms with E-state index in [1.807, 2.05) is 0 Å². The predicted octanol–water partition coefficient (Wildman–Crippen LogP) is 1.29. The van der Waals surface area contributed by atoms with Crippen molar-refractivity contribution in [3.05, 3.63) is 22.8 Å². The lowest BCUT2D eigenvalue weighted by Crippen LogP contribution is -2.18. The van der Waals surface area contributed by atoms with Gasteiger partial charge in [0.15, 0.2) is 0 Å². The molecule has 19 heavy (non-hydrogen) atoms. The summed E-state index contributed by atoms with van der Waals surface area (Å²) in [5.41, 5.74) is 0.452. The maximum Gasteiger partial charge on any atom is 0.342 e. The Morgan fingerprint density at radius 1 is 1.26 bits per heavy atom. The van der Waals surface area contributed by atoms with Crippen LogP contribution in [0.4, 0.5) is 0 Å². The monoisotopic (exact) mass is 266 g/mol. The fourth-order valence-electron chi connectivity index (χ4n) is 2.09. The van der Waals surface area contributed by atoms with E-state index in [4.69, 9.17) is 4.74 Å². The maximum atomic E-state index is 11.8. The van der Waals surface area contributed by atoms with Crippen molar-refractivity contribution in [3.63, 3.8) is 0 Å². The van der Waals surface area contributed by atoms with Crippen molar-refractivity contribution in [3.8, 4) is 11.5 Å². The third-order valence-electron chi connectivity index (χ3n) is 2.97. The van der Waals surface area contributed by atoms with Crippen LogP contribution in [0.2, 0.25) is 0 Å². The van der Waals surface area contributed by atoms with E-state index < -0.39 is 11.9 Å². The molecule has 0 saturated carbocycles. The smallest absolute Gasteiger partial charge is 0.342 e. The molecule has 1 aromatic rings. The molecule has 0 atom stereocenters. The quantitative estimate of drug-likeness (QED) is 0.812. The predicted molar refractivity (Wildman–Crippen MR) is 64.6 cm³/mol. The number of rotatable bonds is 2. The average Bonchev–Trinajstić information content (AvgIpc) is 2.45. The van der Waals surface area contributed by atoms with E-state index in [-0.39, 0.29) is 22.6 Å². The molecule has 1 N–H and O–H groups in total. The van der Waals surface area contributed by atoms with Gasteiger partial charge in [-0.15, -0.1) is 0 Å². The summed E-state index contributed by atoms with van der Waals surface area (Å²) in [7, 11) is 2.41. The van der Waals surface area contributed by atoms with Crippen LogP contribution in [0.15, 0.2) is 6.07 Å². The number of benzene rings is 1. The number of methoxy groups -OCH3 is 2. The Balaban J connectivity index is 2.70. The number of carbonyl (C=O) groups excluding carboxylic acids is 2. The molecule has 0 unspecified atom stereocenters. The standard InChI is InChI=1S/C13H14O6/c1-17-12(15)8-6-9(14)7-4-3-5-19-11(7)10(8)13(16)18-2/h6,14H,3-5H2,1-2H3. The number of phenolic OH excluding ortho intramolecular Hbond substituents is 1. The molecule has 0 aliphatic carbocycles. The van der Waals surface area contributed by atoms with E-state index >= 15 is 0 Å². The highest BCUT2D eigenvalue weighted by Gasteiger charge is 2.30. The number of aromatic hydroxyl groups is 1. The molecule has 6 nitrogen and oxygen atoms in total. The number of hydrogen-bond donors (Lipinski definition) is 1. The number of esters is 2. The van der Waals surface area contributed by atoms with Gasteiger partial charge in [-0.2, -0.15) is 0 Å². The van der Waals surface area contributed by atoms with Crippen molar-refractivity contribution in [1.82, 2.24) is 0 Å². The molecule has 0 aromatic heterocycles. The molecule has 1 aromatic carbocycles. The molecule has 0 amide bonds. The zero-order valence-corrected chi connectivity index (χ0v) is 10.7. The van der Waals surface area contributed by atoms with Crippen LogP contribution in [0.1, 0.15) is 32.7 Å². The van der Waals surface area contributed by atoms with Gasteiger partial charge in [-0.3, -0.25) is 0 Å². The van der Waals surface area contributed by atoms with Crippen LogP contribution >= 0.6 is 0 Å². The van der Waals surface area contributed by atoms with Crippen molar-refractivity contribution in [2.45, 2.75) is 12.8 Å². The van der Waals surface area contributed by atoms with Crippen LogP contribution < -0.4 is 4.74 Å². The van der Waals surface area contributed by atoms with Gasteiger partial charge < -0.3 is 19.3 Å². The van der Waals surface area contributed by atoms with Crippen LogP contribution in [0.25, 0.3) is 0 Å². The molecule has 102 valence electrons. The second-order valence-corrected chi connectivity index (χ2v) is 4.06. The Hall–Kier alpha value is -2.24. The Kier molecular flexibility index (Phi) is 3.59. The lowest BCUT2D eigenvalue weighted by Gasteiger charge is -2.22. The summed E-state index contributed by atoms with van der Waals surface area (Å²) in [6, 6.07) is 1.21. The Labute approximate surface area is 109 Å². The molecular formula is C13H14O6. The van der Waals surface area contributed by atoms with Gasteiger partial charge in [-0.1, -0.05) is 0 Å². The van der Waals surface area contributed by atoms with Crippen molar-refractivity contribution in [1.29, 1.82) is 0 Å². The summed E-state index contributed by atoms with van der Waals surface area (Å²) in [4.78, 5) is 23.5. The maximum absolute atomic E-state index is 11.8. The van der Waals surface area contributed by atoms with Crippen LogP contribution in [0.3, 0.4) is 0 Å². The third kappa shape index (κ3) is 2.21. The molecule has 0 fully saturated rings. The van der Waals surface area contributed by atoms with E-state index in [1.54, 1.807) is 0 Å². The summed E-state index contributed by atoms with van der Waals surface area (Å²) >= 11 is 0. The van der Waals surface area contributed by atoms with Gasteiger partial charge in [-0.25, -0.2) is 9.59 Å². The van der Waals surface area contributed by atoms with Crippen LogP contribution in [-0.4, -0.2) is 37.9 Å². The normalized spacial score (nSPS) is 13.2. The third-order valence-corrected chi connectivity index (χ3v) is 2.97. The first-order valence-corrected chi connectivity index (χ1v) is 5.78. The largest absolute Gasteiger partial charge is 0.508 e. The number of ether oxygens (including phenoxy) is 3. The van der Waals surface area contributed by atoms with Gasteiger partial charge in [0.2, 0.25) is 0 Å². The summed E-state index contributed by atoms with van der Waals surface area (Å²) in [6.45, 7) is 0.418. The number of phenols is 1. The summed E-state index contributed by atoms with van der Waals surface area (Å²) in [6.07, 6.45) is 1.31. The first kappa shape index (κ1) is 13.2. The minimum atomic E-state index is -0.729. The van der Waals surface area contributed by atoms with Crippen LogP contribution in [0, 0.1) is 0 Å². The van der Waals surface area contributed by atoms with Crippen LogP contribution in [-0.2, 0) is 15.9 Å². The van der Waals surface area contributed by atoms with E-state index in [2.05, 4.69) is 9.47 Å². The van der Waals surface area contributed by atoms with Crippen molar-refractivity contribution in [2.75, 3.05) is 20.8 Å². The minimum Gasteiger partial charge on any atom is -0.508 e. The first-order chi connectivity index (χ1) is 9.10. The molecular weight excluding hydrogens is 252 g/mol. The van der Waals surface area contributed by atoms with E-state index in [1.165, 1.54) is 20.3 Å². The van der Waals surface area contributed by atoms with Gasteiger partial charge in [-0.05, 0) is 18.9 Å². The Morgan fingerprint density at radius 3 is 2.58 bits per heavy atom. The summed E-state index contributed by atoms with van der Waals surface area (Å²) < 4.78 is 14.7. The number of carbonyl (C=O) groups is 2. The molecule has 1 heterocycles. The lowest BCUT2D eigenvalue weighted by atomic mass is 9.96. The topological polar surface area (TPSA) is 82.1 Å². The summed E-state index contributed by atoms with van der Waals surface area (Å²) in [5.74, 6) is -1.30. The van der Waals surface area contributed by atoms with Gasteiger partial charge in [0.05, 0.1) is 26.4 Å². The highest BCUT2D eigenvalue weighted by Crippen LogP contribution is 2.38. The zero-order chi connectivity index (χ0) is 14.0. The SMILES string of the molecule is COC(=O)c1cc(O)c2c(c1C(=O)OC)OCCC2.